The molecule has 9 heteroatoms. The van der Waals surface area contributed by atoms with Crippen LogP contribution >= 0.6 is 0 Å². The fourth-order valence-electron chi connectivity index (χ4n) is 3.30. The zero-order valence-electron chi connectivity index (χ0n) is 16.9. The van der Waals surface area contributed by atoms with Crippen LogP contribution < -0.4 is 24.7 Å². The molecule has 0 bridgehead atoms. The molecule has 0 fully saturated rings. The molecule has 2 heterocycles. The predicted octanol–water partition coefficient (Wildman–Crippen LogP) is 2.89. The summed E-state index contributed by atoms with van der Waals surface area (Å²) in [6.45, 7) is 0. The second-order valence-corrected chi connectivity index (χ2v) is 6.43. The first-order chi connectivity index (χ1) is 14.5. The Balaban J connectivity index is 1.89. The molecule has 0 spiro atoms. The number of carbonyl (C=O) groups excluding carboxylic acids is 1. The fourth-order valence-corrected chi connectivity index (χ4v) is 3.30. The third-order valence-corrected chi connectivity index (χ3v) is 4.79. The number of fused-ring (bicyclic) bond motifs is 2. The number of ether oxygens (including phenoxy) is 4. The Labute approximate surface area is 171 Å². The van der Waals surface area contributed by atoms with Crippen molar-refractivity contribution >= 4 is 33.7 Å². The lowest BCUT2D eigenvalue weighted by Crippen LogP contribution is -2.15. The molecule has 2 N–H and O–H groups in total. The Hall–Kier alpha value is -4.01. The number of pyridine rings is 1. The molecule has 0 aliphatic heterocycles. The second-order valence-electron chi connectivity index (χ2n) is 6.43. The standard InChI is InChI=1S/C21H20N4O5/c1-27-13-5-6-15-11(7-13)8-14-19(22)24-25(20(14)23-15)21(26)12-9-16(28-2)18(30-4)17(10-12)29-3/h5-10H,1-4H3,(H2,22,24). The van der Waals surface area contributed by atoms with Crippen molar-refractivity contribution in [3.05, 3.63) is 42.0 Å². The van der Waals surface area contributed by atoms with Gasteiger partial charge in [-0.2, -0.15) is 4.68 Å². The molecule has 30 heavy (non-hydrogen) atoms. The quantitative estimate of drug-likeness (QED) is 0.537. The third kappa shape index (κ3) is 3.00. The number of nitrogens with zero attached hydrogens (tertiary/aromatic N) is 3. The molecule has 9 nitrogen and oxygen atoms in total. The van der Waals surface area contributed by atoms with Crippen LogP contribution in [0.5, 0.6) is 23.0 Å². The zero-order chi connectivity index (χ0) is 21.4. The Bertz CT molecular complexity index is 1260. The molecular formula is C21H20N4O5. The van der Waals surface area contributed by atoms with Crippen LogP contribution in [0.3, 0.4) is 0 Å². The van der Waals surface area contributed by atoms with E-state index < -0.39 is 5.91 Å². The molecule has 0 aliphatic carbocycles. The van der Waals surface area contributed by atoms with Crippen molar-refractivity contribution in [2.24, 2.45) is 0 Å². The van der Waals surface area contributed by atoms with Crippen LogP contribution in [0.4, 0.5) is 5.82 Å². The summed E-state index contributed by atoms with van der Waals surface area (Å²) in [7, 11) is 6.05. The molecule has 0 aliphatic rings. The smallest absolute Gasteiger partial charge is 0.280 e. The molecule has 2 aromatic heterocycles. The van der Waals surface area contributed by atoms with Crippen molar-refractivity contribution in [1.82, 2.24) is 14.8 Å². The lowest BCUT2D eigenvalue weighted by Gasteiger charge is -2.13. The SMILES string of the molecule is COc1ccc2nc3c(cc2c1)c(N)nn3C(=O)c1cc(OC)c(OC)c(OC)c1. The van der Waals surface area contributed by atoms with Crippen LogP contribution in [0.2, 0.25) is 0 Å². The van der Waals surface area contributed by atoms with Gasteiger partial charge in [0.05, 0.1) is 39.3 Å². The molecule has 0 saturated heterocycles. The number of hydrogen-bond donors (Lipinski definition) is 1. The summed E-state index contributed by atoms with van der Waals surface area (Å²) in [5.74, 6) is 1.56. The van der Waals surface area contributed by atoms with Crippen molar-refractivity contribution in [3.63, 3.8) is 0 Å². The first kappa shape index (κ1) is 19.3. The Morgan fingerprint density at radius 3 is 2.23 bits per heavy atom. The van der Waals surface area contributed by atoms with E-state index in [-0.39, 0.29) is 11.4 Å². The summed E-state index contributed by atoms with van der Waals surface area (Å²) < 4.78 is 22.4. The van der Waals surface area contributed by atoms with Crippen LogP contribution in [0, 0.1) is 0 Å². The van der Waals surface area contributed by atoms with Crippen molar-refractivity contribution in [2.45, 2.75) is 0 Å². The monoisotopic (exact) mass is 408 g/mol. The van der Waals surface area contributed by atoms with Crippen molar-refractivity contribution in [1.29, 1.82) is 0 Å². The van der Waals surface area contributed by atoms with Crippen LogP contribution in [-0.2, 0) is 0 Å². The van der Waals surface area contributed by atoms with E-state index in [0.717, 1.165) is 5.39 Å². The molecule has 0 unspecified atom stereocenters. The minimum Gasteiger partial charge on any atom is -0.497 e. The average molecular weight is 408 g/mol. The lowest BCUT2D eigenvalue weighted by atomic mass is 10.1. The van der Waals surface area contributed by atoms with E-state index in [4.69, 9.17) is 24.7 Å². The van der Waals surface area contributed by atoms with E-state index in [0.29, 0.717) is 39.5 Å². The first-order valence-corrected chi connectivity index (χ1v) is 8.98. The van der Waals surface area contributed by atoms with Gasteiger partial charge in [-0.15, -0.1) is 5.10 Å². The van der Waals surface area contributed by atoms with E-state index in [1.807, 2.05) is 18.2 Å². The second kappa shape index (κ2) is 7.43. The number of benzene rings is 2. The summed E-state index contributed by atoms with van der Waals surface area (Å²) in [6, 6.07) is 10.4. The zero-order valence-corrected chi connectivity index (χ0v) is 16.9. The topological polar surface area (TPSA) is 111 Å². The number of methoxy groups -OCH3 is 4. The molecule has 0 amide bonds. The van der Waals surface area contributed by atoms with E-state index in [9.17, 15) is 4.79 Å². The van der Waals surface area contributed by atoms with E-state index in [1.165, 1.54) is 26.0 Å². The molecule has 0 atom stereocenters. The third-order valence-electron chi connectivity index (χ3n) is 4.79. The average Bonchev–Trinajstić information content (AvgIpc) is 3.10. The molecule has 0 radical (unpaired) electrons. The summed E-state index contributed by atoms with van der Waals surface area (Å²) in [5, 5.41) is 5.62. The van der Waals surface area contributed by atoms with Gasteiger partial charge in [-0.05, 0) is 36.4 Å². The normalized spacial score (nSPS) is 10.9. The van der Waals surface area contributed by atoms with Gasteiger partial charge in [-0.1, -0.05) is 0 Å². The van der Waals surface area contributed by atoms with E-state index in [1.54, 1.807) is 25.3 Å². The number of carbonyl (C=O) groups is 1. The Morgan fingerprint density at radius 1 is 0.933 bits per heavy atom. The highest BCUT2D eigenvalue weighted by atomic mass is 16.5. The van der Waals surface area contributed by atoms with Gasteiger partial charge in [-0.3, -0.25) is 4.79 Å². The number of hydrogen-bond acceptors (Lipinski definition) is 8. The minimum absolute atomic E-state index is 0.197. The van der Waals surface area contributed by atoms with E-state index >= 15 is 0 Å². The lowest BCUT2D eigenvalue weighted by molar-refractivity contribution is 0.0949. The highest BCUT2D eigenvalue weighted by Gasteiger charge is 2.22. The first-order valence-electron chi connectivity index (χ1n) is 8.98. The van der Waals surface area contributed by atoms with Gasteiger partial charge in [0.25, 0.3) is 5.91 Å². The molecule has 4 rings (SSSR count). The summed E-state index contributed by atoms with van der Waals surface area (Å²) in [5.41, 5.74) is 7.40. The van der Waals surface area contributed by atoms with E-state index in [2.05, 4.69) is 10.1 Å². The van der Waals surface area contributed by atoms with Gasteiger partial charge in [0.2, 0.25) is 5.75 Å². The van der Waals surface area contributed by atoms with Crippen LogP contribution in [0.25, 0.3) is 21.9 Å². The maximum Gasteiger partial charge on any atom is 0.280 e. The van der Waals surface area contributed by atoms with Gasteiger partial charge in [0, 0.05) is 10.9 Å². The van der Waals surface area contributed by atoms with Gasteiger partial charge < -0.3 is 24.7 Å². The Morgan fingerprint density at radius 2 is 1.63 bits per heavy atom. The highest BCUT2D eigenvalue weighted by molar-refractivity contribution is 6.05. The molecular weight excluding hydrogens is 388 g/mol. The summed E-state index contributed by atoms with van der Waals surface area (Å²) in [6.07, 6.45) is 0. The van der Waals surface area contributed by atoms with Crippen molar-refractivity contribution < 1.29 is 23.7 Å². The van der Waals surface area contributed by atoms with Gasteiger partial charge in [-0.25, -0.2) is 4.98 Å². The van der Waals surface area contributed by atoms with Crippen LogP contribution in [-0.4, -0.2) is 49.1 Å². The van der Waals surface area contributed by atoms with Crippen LogP contribution in [0.15, 0.2) is 36.4 Å². The molecule has 2 aromatic carbocycles. The maximum atomic E-state index is 13.3. The highest BCUT2D eigenvalue weighted by Crippen LogP contribution is 2.38. The van der Waals surface area contributed by atoms with Gasteiger partial charge >= 0.3 is 0 Å². The molecule has 4 aromatic rings. The van der Waals surface area contributed by atoms with Gasteiger partial charge in [0.1, 0.15) is 5.75 Å². The predicted molar refractivity (Wildman–Crippen MR) is 112 cm³/mol. The minimum atomic E-state index is -0.434. The number of nitrogens with two attached hydrogens (primary N) is 1. The largest absolute Gasteiger partial charge is 0.497 e. The van der Waals surface area contributed by atoms with Crippen LogP contribution in [0.1, 0.15) is 10.4 Å². The summed E-state index contributed by atoms with van der Waals surface area (Å²) >= 11 is 0. The Kier molecular flexibility index (Phi) is 4.78. The molecule has 154 valence electrons. The van der Waals surface area contributed by atoms with Crippen molar-refractivity contribution in [2.75, 3.05) is 34.2 Å². The number of nitrogen functional groups attached to an aromatic ring is 1. The number of rotatable bonds is 5. The number of anilines is 1. The summed E-state index contributed by atoms with van der Waals surface area (Å²) in [4.78, 5) is 17.9. The number of aromatic nitrogens is 3. The maximum absolute atomic E-state index is 13.3. The van der Waals surface area contributed by atoms with Gasteiger partial charge in [0.15, 0.2) is 23.0 Å². The van der Waals surface area contributed by atoms with Crippen molar-refractivity contribution in [3.8, 4) is 23.0 Å². The fraction of sp³-hybridized carbons (Fsp3) is 0.190. The molecule has 0 saturated carbocycles.